The molecule has 4 nitrogen and oxygen atoms in total. The topological polar surface area (TPSA) is 50.4 Å². The maximum atomic E-state index is 12.2. The highest BCUT2D eigenvalue weighted by Gasteiger charge is 2.57. The number of ether oxygens (including phenoxy) is 1. The van der Waals surface area contributed by atoms with E-state index in [1.54, 1.807) is 7.11 Å². The van der Waals surface area contributed by atoms with E-state index in [1.165, 1.54) is 0 Å². The summed E-state index contributed by atoms with van der Waals surface area (Å²) in [5.74, 6) is 1.31. The molecule has 108 valence electrons. The molecule has 1 unspecified atom stereocenters. The van der Waals surface area contributed by atoms with Gasteiger partial charge in [-0.05, 0) is 55.5 Å². The van der Waals surface area contributed by atoms with Gasteiger partial charge in [0, 0.05) is 12.5 Å². The monoisotopic (exact) mass is 274 g/mol. The van der Waals surface area contributed by atoms with Gasteiger partial charge < -0.3 is 15.4 Å². The number of hydrogen-bond acceptors (Lipinski definition) is 3. The molecule has 1 aromatic rings. The summed E-state index contributed by atoms with van der Waals surface area (Å²) < 4.78 is 5.12. The van der Waals surface area contributed by atoms with Crippen molar-refractivity contribution < 1.29 is 9.53 Å². The van der Waals surface area contributed by atoms with Crippen LogP contribution in [0.1, 0.15) is 24.8 Å². The Morgan fingerprint density at radius 2 is 2.05 bits per heavy atom. The lowest BCUT2D eigenvalue weighted by Gasteiger charge is -2.23. The molecule has 1 saturated heterocycles. The van der Waals surface area contributed by atoms with Crippen LogP contribution in [0.4, 0.5) is 0 Å². The Balaban J connectivity index is 1.50. The summed E-state index contributed by atoms with van der Waals surface area (Å²) in [5.41, 5.74) is 1.43. The van der Waals surface area contributed by atoms with Gasteiger partial charge in [0.1, 0.15) is 5.75 Å². The first-order chi connectivity index (χ1) is 9.73. The van der Waals surface area contributed by atoms with Gasteiger partial charge in [-0.2, -0.15) is 0 Å². The van der Waals surface area contributed by atoms with Crippen LogP contribution >= 0.6 is 0 Å². The van der Waals surface area contributed by atoms with Crippen molar-refractivity contribution in [2.24, 2.45) is 11.3 Å². The number of carbonyl (C=O) groups is 1. The second-order valence-electron chi connectivity index (χ2n) is 5.93. The normalized spacial score (nSPS) is 23.4. The van der Waals surface area contributed by atoms with Gasteiger partial charge in [0.15, 0.2) is 0 Å². The number of hydrogen-bond donors (Lipinski definition) is 2. The maximum absolute atomic E-state index is 12.2. The predicted octanol–water partition coefficient (Wildman–Crippen LogP) is 1.70. The van der Waals surface area contributed by atoms with Crippen LogP contribution < -0.4 is 15.4 Å². The number of carbonyl (C=O) groups excluding carboxylic acids is 1. The van der Waals surface area contributed by atoms with Gasteiger partial charge in [0.2, 0.25) is 5.91 Å². The van der Waals surface area contributed by atoms with Crippen molar-refractivity contribution in [2.45, 2.75) is 25.8 Å². The van der Waals surface area contributed by atoms with E-state index in [9.17, 15) is 4.79 Å². The summed E-state index contributed by atoms with van der Waals surface area (Å²) in [6.07, 6.45) is 3.37. The van der Waals surface area contributed by atoms with Crippen molar-refractivity contribution in [3.8, 4) is 5.75 Å². The van der Waals surface area contributed by atoms with Crippen LogP contribution in [0.2, 0.25) is 0 Å². The first kappa shape index (κ1) is 13.4. The van der Waals surface area contributed by atoms with Gasteiger partial charge >= 0.3 is 0 Å². The van der Waals surface area contributed by atoms with E-state index in [4.69, 9.17) is 4.74 Å². The van der Waals surface area contributed by atoms with Crippen LogP contribution in [0, 0.1) is 11.3 Å². The van der Waals surface area contributed by atoms with Crippen LogP contribution in [-0.4, -0.2) is 26.1 Å². The third-order valence-electron chi connectivity index (χ3n) is 4.73. The first-order valence-corrected chi connectivity index (χ1v) is 7.35. The van der Waals surface area contributed by atoms with E-state index in [-0.39, 0.29) is 11.8 Å². The predicted molar refractivity (Wildman–Crippen MR) is 77.5 cm³/mol. The van der Waals surface area contributed by atoms with Crippen LogP contribution in [-0.2, 0) is 11.3 Å². The van der Waals surface area contributed by atoms with Crippen molar-refractivity contribution in [1.29, 1.82) is 0 Å². The average Bonchev–Trinajstić information content (AvgIpc) is 3.19. The van der Waals surface area contributed by atoms with Crippen molar-refractivity contribution in [3.63, 3.8) is 0 Å². The molecule has 1 heterocycles. The van der Waals surface area contributed by atoms with Gasteiger partial charge in [-0.1, -0.05) is 12.1 Å². The Hall–Kier alpha value is -1.55. The number of piperidine rings is 1. The highest BCUT2D eigenvalue weighted by Crippen LogP contribution is 2.58. The smallest absolute Gasteiger partial charge is 0.223 e. The van der Waals surface area contributed by atoms with E-state index >= 15 is 0 Å². The number of benzene rings is 1. The minimum atomic E-state index is 0.225. The van der Waals surface area contributed by atoms with Crippen molar-refractivity contribution >= 4 is 5.91 Å². The fraction of sp³-hybridized carbons (Fsp3) is 0.562. The van der Waals surface area contributed by atoms with Crippen molar-refractivity contribution in [3.05, 3.63) is 29.8 Å². The van der Waals surface area contributed by atoms with E-state index in [0.717, 1.165) is 43.7 Å². The number of nitrogens with one attached hydrogen (secondary N) is 2. The molecule has 20 heavy (non-hydrogen) atoms. The highest BCUT2D eigenvalue weighted by atomic mass is 16.5. The molecule has 1 atom stereocenters. The molecule has 2 N–H and O–H groups in total. The molecule has 0 aromatic heterocycles. The molecule has 2 fully saturated rings. The number of rotatable bonds is 4. The van der Waals surface area contributed by atoms with Crippen LogP contribution in [0.25, 0.3) is 0 Å². The van der Waals surface area contributed by atoms with Gasteiger partial charge in [0.05, 0.1) is 7.11 Å². The minimum Gasteiger partial charge on any atom is -0.497 e. The Labute approximate surface area is 119 Å². The number of amides is 1. The molecule has 1 spiro atoms. The third kappa shape index (κ3) is 2.66. The molecular weight excluding hydrogens is 252 g/mol. The summed E-state index contributed by atoms with van der Waals surface area (Å²) in [4.78, 5) is 12.2. The molecule has 2 aliphatic rings. The molecule has 1 aliphatic heterocycles. The Bertz CT molecular complexity index is 478. The minimum absolute atomic E-state index is 0.225. The summed E-state index contributed by atoms with van der Waals surface area (Å²) in [6.45, 7) is 2.72. The van der Waals surface area contributed by atoms with Crippen LogP contribution in [0.15, 0.2) is 24.3 Å². The fourth-order valence-corrected chi connectivity index (χ4v) is 3.25. The zero-order chi connectivity index (χ0) is 14.0. The van der Waals surface area contributed by atoms with E-state index in [0.29, 0.717) is 12.0 Å². The first-order valence-electron chi connectivity index (χ1n) is 7.35. The van der Waals surface area contributed by atoms with Crippen molar-refractivity contribution in [2.75, 3.05) is 20.2 Å². The van der Waals surface area contributed by atoms with Crippen LogP contribution in [0.3, 0.4) is 0 Å². The standard InChI is InChI=1S/C16H22N2O2/c1-20-13-4-2-12(3-5-13)11-18-15(19)14-10-16(14)6-8-17-9-7-16/h2-5,14,17H,6-11H2,1H3,(H,18,19). The Kier molecular flexibility index (Phi) is 3.66. The Morgan fingerprint density at radius 1 is 1.35 bits per heavy atom. The maximum Gasteiger partial charge on any atom is 0.223 e. The molecule has 1 aromatic carbocycles. The van der Waals surface area contributed by atoms with Gasteiger partial charge in [-0.15, -0.1) is 0 Å². The molecule has 1 saturated carbocycles. The van der Waals surface area contributed by atoms with E-state index in [2.05, 4.69) is 10.6 Å². The zero-order valence-corrected chi connectivity index (χ0v) is 11.9. The molecule has 0 bridgehead atoms. The fourth-order valence-electron chi connectivity index (χ4n) is 3.25. The zero-order valence-electron chi connectivity index (χ0n) is 11.9. The molecule has 1 aliphatic carbocycles. The molecule has 0 radical (unpaired) electrons. The molecular formula is C16H22N2O2. The molecule has 4 heteroatoms. The summed E-state index contributed by atoms with van der Waals surface area (Å²) in [5, 5.41) is 6.43. The van der Waals surface area contributed by atoms with Gasteiger partial charge in [0.25, 0.3) is 0 Å². The largest absolute Gasteiger partial charge is 0.497 e. The second-order valence-corrected chi connectivity index (χ2v) is 5.93. The van der Waals surface area contributed by atoms with Gasteiger partial charge in [-0.25, -0.2) is 0 Å². The molecule has 3 rings (SSSR count). The van der Waals surface area contributed by atoms with Crippen LogP contribution in [0.5, 0.6) is 5.75 Å². The lowest BCUT2D eigenvalue weighted by Crippen LogP contribution is -2.33. The average molecular weight is 274 g/mol. The quantitative estimate of drug-likeness (QED) is 0.878. The Morgan fingerprint density at radius 3 is 2.70 bits per heavy atom. The SMILES string of the molecule is COc1ccc(CNC(=O)C2CC23CCNCC3)cc1. The summed E-state index contributed by atoms with van der Waals surface area (Å²) in [7, 11) is 1.66. The summed E-state index contributed by atoms with van der Waals surface area (Å²) in [6, 6.07) is 7.83. The van der Waals surface area contributed by atoms with E-state index in [1.807, 2.05) is 24.3 Å². The third-order valence-corrected chi connectivity index (χ3v) is 4.73. The number of methoxy groups -OCH3 is 1. The van der Waals surface area contributed by atoms with Gasteiger partial charge in [-0.3, -0.25) is 4.79 Å². The highest BCUT2D eigenvalue weighted by molar-refractivity contribution is 5.82. The van der Waals surface area contributed by atoms with E-state index < -0.39 is 0 Å². The lowest BCUT2D eigenvalue weighted by molar-refractivity contribution is -0.123. The molecule has 1 amide bonds. The summed E-state index contributed by atoms with van der Waals surface area (Å²) >= 11 is 0. The van der Waals surface area contributed by atoms with Crippen molar-refractivity contribution in [1.82, 2.24) is 10.6 Å². The lowest BCUT2D eigenvalue weighted by atomic mass is 9.92. The second kappa shape index (κ2) is 5.44.